The van der Waals surface area contributed by atoms with Crippen molar-refractivity contribution in [1.82, 2.24) is 14.3 Å². The summed E-state index contributed by atoms with van der Waals surface area (Å²) in [5, 5.41) is 1.60. The quantitative estimate of drug-likeness (QED) is 0.537. The number of benzene rings is 2. The Hall–Kier alpha value is -2.84. The molecule has 1 unspecified atom stereocenters. The number of carbonyl (C=O) groups is 1. The van der Waals surface area contributed by atoms with Gasteiger partial charge in [-0.05, 0) is 36.8 Å². The minimum absolute atomic E-state index is 0.0251. The number of anilines is 1. The molecular formula is C23H25ClN4O3S. The second kappa shape index (κ2) is 9.75. The van der Waals surface area contributed by atoms with Gasteiger partial charge in [0.05, 0.1) is 14.2 Å². The lowest BCUT2D eigenvalue weighted by atomic mass is 10.1. The Kier molecular flexibility index (Phi) is 6.81. The topological polar surface area (TPSA) is 67.8 Å². The van der Waals surface area contributed by atoms with Gasteiger partial charge in [0, 0.05) is 60.3 Å². The first-order chi connectivity index (χ1) is 15.5. The highest BCUT2D eigenvalue weighted by molar-refractivity contribution is 7.09. The van der Waals surface area contributed by atoms with Crippen molar-refractivity contribution in [2.45, 2.75) is 19.4 Å². The third kappa shape index (κ3) is 4.97. The molecule has 7 nitrogen and oxygen atoms in total. The van der Waals surface area contributed by atoms with Crippen LogP contribution in [-0.4, -0.2) is 60.1 Å². The average molecular weight is 473 g/mol. The maximum Gasteiger partial charge on any atom is 0.254 e. The van der Waals surface area contributed by atoms with Crippen molar-refractivity contribution in [1.29, 1.82) is 0 Å². The molecule has 1 aliphatic heterocycles. The molecule has 1 aliphatic rings. The van der Waals surface area contributed by atoms with Crippen LogP contribution in [0, 0.1) is 0 Å². The van der Waals surface area contributed by atoms with E-state index in [0.717, 1.165) is 21.5 Å². The molecule has 1 aromatic heterocycles. The van der Waals surface area contributed by atoms with Crippen LogP contribution in [-0.2, 0) is 6.42 Å². The fraction of sp³-hybridized carbons (Fsp3) is 0.348. The van der Waals surface area contributed by atoms with E-state index in [1.54, 1.807) is 32.4 Å². The number of hydrogen-bond acceptors (Lipinski definition) is 7. The second-order valence-corrected chi connectivity index (χ2v) is 8.86. The molecule has 2 heterocycles. The van der Waals surface area contributed by atoms with Crippen LogP contribution in [0.3, 0.4) is 0 Å². The standard InChI is InChI=1S/C23H25ClN4O3S/c1-15-14-27(23-25-21(26-32-23)10-16-4-6-18(24)7-5-16)8-9-28(15)22(29)17-11-19(30-2)13-20(12-17)31-3/h4-7,11-13,15H,8-10,14H2,1-3H3. The molecule has 1 amide bonds. The van der Waals surface area contributed by atoms with Gasteiger partial charge in [-0.15, -0.1) is 0 Å². The summed E-state index contributed by atoms with van der Waals surface area (Å²) in [4.78, 5) is 22.0. The van der Waals surface area contributed by atoms with E-state index in [-0.39, 0.29) is 11.9 Å². The van der Waals surface area contributed by atoms with E-state index >= 15 is 0 Å². The number of piperazine rings is 1. The van der Waals surface area contributed by atoms with Crippen LogP contribution in [0.5, 0.6) is 11.5 Å². The van der Waals surface area contributed by atoms with E-state index in [2.05, 4.69) is 16.2 Å². The summed E-state index contributed by atoms with van der Waals surface area (Å²) in [5.74, 6) is 1.96. The molecule has 0 spiro atoms. The van der Waals surface area contributed by atoms with Crippen molar-refractivity contribution in [3.63, 3.8) is 0 Å². The molecule has 0 N–H and O–H groups in total. The molecule has 168 valence electrons. The van der Waals surface area contributed by atoms with Crippen molar-refractivity contribution in [2.75, 3.05) is 38.8 Å². The lowest BCUT2D eigenvalue weighted by Gasteiger charge is -2.39. The smallest absolute Gasteiger partial charge is 0.254 e. The maximum absolute atomic E-state index is 13.2. The summed E-state index contributed by atoms with van der Waals surface area (Å²) >= 11 is 7.36. The Labute approximate surface area is 196 Å². The zero-order valence-electron chi connectivity index (χ0n) is 18.2. The number of ether oxygens (including phenoxy) is 2. The van der Waals surface area contributed by atoms with Crippen LogP contribution in [0.25, 0.3) is 0 Å². The lowest BCUT2D eigenvalue weighted by molar-refractivity contribution is 0.0673. The third-order valence-electron chi connectivity index (χ3n) is 5.49. The molecule has 0 bridgehead atoms. The van der Waals surface area contributed by atoms with E-state index in [1.165, 1.54) is 11.5 Å². The Morgan fingerprint density at radius 1 is 1.12 bits per heavy atom. The summed E-state index contributed by atoms with van der Waals surface area (Å²) in [6.45, 7) is 4.05. The van der Waals surface area contributed by atoms with Crippen LogP contribution in [0.2, 0.25) is 5.02 Å². The molecule has 9 heteroatoms. The first kappa shape index (κ1) is 22.4. The van der Waals surface area contributed by atoms with Crippen LogP contribution in [0.15, 0.2) is 42.5 Å². The molecule has 3 aromatic rings. The number of carbonyl (C=O) groups excluding carboxylic acids is 1. The minimum Gasteiger partial charge on any atom is -0.497 e. The monoisotopic (exact) mass is 472 g/mol. The number of amides is 1. The maximum atomic E-state index is 13.2. The second-order valence-electron chi connectivity index (χ2n) is 7.69. The van der Waals surface area contributed by atoms with Crippen molar-refractivity contribution in [3.8, 4) is 11.5 Å². The van der Waals surface area contributed by atoms with Gasteiger partial charge in [-0.3, -0.25) is 4.79 Å². The van der Waals surface area contributed by atoms with Crippen LogP contribution >= 0.6 is 23.1 Å². The van der Waals surface area contributed by atoms with Gasteiger partial charge in [-0.1, -0.05) is 23.7 Å². The molecule has 1 fully saturated rings. The van der Waals surface area contributed by atoms with Gasteiger partial charge in [-0.2, -0.15) is 4.37 Å². The number of nitrogens with zero attached hydrogens (tertiary/aromatic N) is 4. The van der Waals surface area contributed by atoms with Crippen LogP contribution in [0.4, 0.5) is 5.13 Å². The summed E-state index contributed by atoms with van der Waals surface area (Å²) in [7, 11) is 3.15. The molecule has 0 saturated carbocycles. The van der Waals surface area contributed by atoms with Gasteiger partial charge >= 0.3 is 0 Å². The number of halogens is 1. The average Bonchev–Trinajstić information content (AvgIpc) is 3.28. The Bertz CT molecular complexity index is 1070. The largest absolute Gasteiger partial charge is 0.497 e. The summed E-state index contributed by atoms with van der Waals surface area (Å²) in [6.07, 6.45) is 0.666. The number of rotatable bonds is 6. The first-order valence-corrected chi connectivity index (χ1v) is 11.5. The fourth-order valence-corrected chi connectivity index (χ4v) is 4.61. The van der Waals surface area contributed by atoms with Gasteiger partial charge in [0.1, 0.15) is 17.3 Å². The molecule has 0 aliphatic carbocycles. The minimum atomic E-state index is -0.0324. The molecule has 0 radical (unpaired) electrons. The van der Waals surface area contributed by atoms with Gasteiger partial charge < -0.3 is 19.3 Å². The van der Waals surface area contributed by atoms with E-state index < -0.39 is 0 Å². The van der Waals surface area contributed by atoms with Crippen molar-refractivity contribution < 1.29 is 14.3 Å². The number of hydrogen-bond donors (Lipinski definition) is 0. The van der Waals surface area contributed by atoms with Crippen LogP contribution < -0.4 is 14.4 Å². The number of methoxy groups -OCH3 is 2. The Balaban J connectivity index is 1.42. The highest BCUT2D eigenvalue weighted by Crippen LogP contribution is 2.27. The molecular weight excluding hydrogens is 448 g/mol. The Morgan fingerprint density at radius 3 is 2.44 bits per heavy atom. The normalized spacial score (nSPS) is 16.2. The third-order valence-corrected chi connectivity index (χ3v) is 6.56. The summed E-state index contributed by atoms with van der Waals surface area (Å²) in [5.41, 5.74) is 1.68. The predicted octanol–water partition coefficient (Wildman–Crippen LogP) is 4.15. The predicted molar refractivity (Wildman–Crippen MR) is 126 cm³/mol. The number of aromatic nitrogens is 2. The van der Waals surface area contributed by atoms with E-state index in [4.69, 9.17) is 26.1 Å². The molecule has 1 atom stereocenters. The summed E-state index contributed by atoms with van der Waals surface area (Å²) < 4.78 is 15.1. The van der Waals surface area contributed by atoms with Gasteiger partial charge in [-0.25, -0.2) is 4.98 Å². The first-order valence-electron chi connectivity index (χ1n) is 10.3. The van der Waals surface area contributed by atoms with Crippen molar-refractivity contribution in [3.05, 3.63) is 64.4 Å². The molecule has 4 rings (SSSR count). The lowest BCUT2D eigenvalue weighted by Crippen LogP contribution is -2.54. The highest BCUT2D eigenvalue weighted by atomic mass is 35.5. The van der Waals surface area contributed by atoms with Gasteiger partial charge in [0.2, 0.25) is 5.13 Å². The zero-order valence-corrected chi connectivity index (χ0v) is 19.8. The summed E-state index contributed by atoms with van der Waals surface area (Å²) in [6, 6.07) is 13.0. The van der Waals surface area contributed by atoms with Crippen molar-refractivity contribution in [2.24, 2.45) is 0 Å². The van der Waals surface area contributed by atoms with Gasteiger partial charge in [0.25, 0.3) is 5.91 Å². The Morgan fingerprint density at radius 2 is 1.81 bits per heavy atom. The van der Waals surface area contributed by atoms with E-state index in [0.29, 0.717) is 43.1 Å². The highest BCUT2D eigenvalue weighted by Gasteiger charge is 2.30. The fourth-order valence-electron chi connectivity index (χ4n) is 3.76. The molecule has 1 saturated heterocycles. The van der Waals surface area contributed by atoms with E-state index in [9.17, 15) is 4.79 Å². The molecule has 32 heavy (non-hydrogen) atoms. The SMILES string of the molecule is COc1cc(OC)cc(C(=O)N2CCN(c3nc(Cc4ccc(Cl)cc4)ns3)CC2C)c1. The molecule has 2 aromatic carbocycles. The van der Waals surface area contributed by atoms with Gasteiger partial charge in [0.15, 0.2) is 0 Å². The van der Waals surface area contributed by atoms with E-state index in [1.807, 2.05) is 29.2 Å². The van der Waals surface area contributed by atoms with Crippen molar-refractivity contribution >= 4 is 34.2 Å². The van der Waals surface area contributed by atoms with Crippen LogP contribution in [0.1, 0.15) is 28.7 Å². The zero-order chi connectivity index (χ0) is 22.7.